The monoisotopic (exact) mass is 656 g/mol. The van der Waals surface area contributed by atoms with Gasteiger partial charge < -0.3 is 14.6 Å². The zero-order valence-electron chi connectivity index (χ0n) is 26.4. The Morgan fingerprint density at radius 1 is 0.696 bits per heavy atom. The first kappa shape index (κ1) is 30.2. The molecule has 238 valence electrons. The fraction of sp³-hybridized carbons (Fsp3) is 0.405. The van der Waals surface area contributed by atoms with E-state index in [4.69, 9.17) is 42.6 Å². The third kappa shape index (κ3) is 4.90. The maximum Gasteiger partial charge on any atom is 0.218 e. The van der Waals surface area contributed by atoms with Gasteiger partial charge in [0.25, 0.3) is 0 Å². The summed E-state index contributed by atoms with van der Waals surface area (Å²) in [5.74, 6) is 2.06. The van der Waals surface area contributed by atoms with Gasteiger partial charge in [-0.1, -0.05) is 66.5 Å². The number of ether oxygens (including phenoxy) is 2. The second kappa shape index (κ2) is 11.8. The Balaban J connectivity index is 1.15. The number of likely N-dealkylation sites (tertiary alicyclic amines) is 2. The molecule has 8 rings (SSSR count). The fourth-order valence-electron chi connectivity index (χ4n) is 8.10. The number of fused-ring (bicyclic) bond motifs is 2. The van der Waals surface area contributed by atoms with Gasteiger partial charge in [-0.05, 0) is 54.9 Å². The highest BCUT2D eigenvalue weighted by Crippen LogP contribution is 2.48. The van der Waals surface area contributed by atoms with Crippen molar-refractivity contribution in [3.05, 3.63) is 80.8 Å². The summed E-state index contributed by atoms with van der Waals surface area (Å²) in [5, 5.41) is 11.1. The Morgan fingerprint density at radius 3 is 1.54 bits per heavy atom. The minimum atomic E-state index is -0.249. The van der Waals surface area contributed by atoms with E-state index in [0.29, 0.717) is 40.9 Å². The van der Waals surface area contributed by atoms with Gasteiger partial charge in [0.2, 0.25) is 11.8 Å². The molecule has 2 fully saturated rings. The van der Waals surface area contributed by atoms with Crippen molar-refractivity contribution >= 4 is 23.2 Å². The van der Waals surface area contributed by atoms with Crippen LogP contribution in [-0.2, 0) is 12.8 Å². The SMILES string of the molecule is COc1nc(-c2cccc(-c3cccc(-c4cc5c(c(OC)n4)[C@@H](N4CC(C)C4)CC5)c3Cl)c2Cl)cc2c1C(N1CC(O)C1)CC2. The van der Waals surface area contributed by atoms with Crippen molar-refractivity contribution in [3.63, 3.8) is 0 Å². The maximum absolute atomic E-state index is 9.88. The molecule has 4 aromatic rings. The molecule has 0 bridgehead atoms. The molecule has 2 aliphatic carbocycles. The van der Waals surface area contributed by atoms with Crippen molar-refractivity contribution in [2.45, 2.75) is 50.8 Å². The second-order valence-electron chi connectivity index (χ2n) is 13.3. The van der Waals surface area contributed by atoms with Gasteiger partial charge in [-0.15, -0.1) is 0 Å². The molecule has 2 aromatic heterocycles. The van der Waals surface area contributed by atoms with Crippen molar-refractivity contribution in [1.82, 2.24) is 19.8 Å². The summed E-state index contributed by atoms with van der Waals surface area (Å²) < 4.78 is 11.7. The minimum absolute atomic E-state index is 0.218. The molecule has 9 heteroatoms. The van der Waals surface area contributed by atoms with Gasteiger partial charge in [-0.3, -0.25) is 9.80 Å². The fourth-order valence-corrected chi connectivity index (χ4v) is 8.75. The Kier molecular flexibility index (Phi) is 7.73. The van der Waals surface area contributed by atoms with E-state index in [1.165, 1.54) is 16.7 Å². The molecule has 2 aromatic carbocycles. The van der Waals surface area contributed by atoms with Gasteiger partial charge >= 0.3 is 0 Å². The summed E-state index contributed by atoms with van der Waals surface area (Å²) in [6, 6.07) is 17.0. The summed E-state index contributed by atoms with van der Waals surface area (Å²) >= 11 is 14.4. The average Bonchev–Trinajstić information content (AvgIpc) is 3.65. The second-order valence-corrected chi connectivity index (χ2v) is 14.0. The number of halogens is 2. The first-order valence-electron chi connectivity index (χ1n) is 16.2. The molecule has 46 heavy (non-hydrogen) atoms. The molecule has 4 aliphatic rings. The molecule has 0 spiro atoms. The molecular formula is C37H38Cl2N4O3. The van der Waals surface area contributed by atoms with E-state index < -0.39 is 0 Å². The number of β-amino-alcohol motifs (C(OH)–C–C–N with tert-alkyl or cyclic N) is 1. The zero-order valence-corrected chi connectivity index (χ0v) is 27.9. The smallest absolute Gasteiger partial charge is 0.218 e. The lowest BCUT2D eigenvalue weighted by Crippen LogP contribution is -2.51. The van der Waals surface area contributed by atoms with Gasteiger partial charge in [0.1, 0.15) is 0 Å². The van der Waals surface area contributed by atoms with Crippen molar-refractivity contribution < 1.29 is 14.6 Å². The lowest BCUT2D eigenvalue weighted by atomic mass is 9.96. The van der Waals surface area contributed by atoms with E-state index in [0.717, 1.165) is 83.9 Å². The molecule has 1 N–H and O–H groups in total. The normalized spacial score (nSPS) is 21.5. The molecule has 0 amide bonds. The molecule has 7 nitrogen and oxygen atoms in total. The molecule has 1 unspecified atom stereocenters. The quantitative estimate of drug-likeness (QED) is 0.222. The van der Waals surface area contributed by atoms with Crippen LogP contribution in [0.15, 0.2) is 48.5 Å². The number of methoxy groups -OCH3 is 2. The lowest BCUT2D eigenvalue weighted by molar-refractivity contribution is -0.0256. The molecular weight excluding hydrogens is 619 g/mol. The van der Waals surface area contributed by atoms with Crippen molar-refractivity contribution in [3.8, 4) is 45.4 Å². The number of aliphatic hydroxyl groups excluding tert-OH is 1. The molecule has 2 atom stereocenters. The maximum atomic E-state index is 9.88. The van der Waals surface area contributed by atoms with Crippen molar-refractivity contribution in [1.29, 1.82) is 0 Å². The molecule has 2 saturated heterocycles. The third-order valence-electron chi connectivity index (χ3n) is 10.3. The predicted molar refractivity (Wildman–Crippen MR) is 182 cm³/mol. The summed E-state index contributed by atoms with van der Waals surface area (Å²) in [7, 11) is 3.38. The number of hydrogen-bond donors (Lipinski definition) is 1. The summed E-state index contributed by atoms with van der Waals surface area (Å²) in [6.07, 6.45) is 3.75. The Bertz CT molecular complexity index is 1700. The lowest BCUT2D eigenvalue weighted by Gasteiger charge is -2.42. The molecule has 0 saturated carbocycles. The molecule has 2 aliphatic heterocycles. The van der Waals surface area contributed by atoms with E-state index in [1.807, 2.05) is 36.4 Å². The number of aromatic nitrogens is 2. The molecule has 4 heterocycles. The number of aryl methyl sites for hydroxylation is 2. The number of nitrogens with zero attached hydrogens (tertiary/aromatic N) is 4. The summed E-state index contributed by atoms with van der Waals surface area (Å²) in [4.78, 5) is 14.8. The highest BCUT2D eigenvalue weighted by Gasteiger charge is 2.39. The Morgan fingerprint density at radius 2 is 1.13 bits per heavy atom. The van der Waals surface area contributed by atoms with Crippen LogP contribution in [0.3, 0.4) is 0 Å². The minimum Gasteiger partial charge on any atom is -0.481 e. The van der Waals surface area contributed by atoms with Gasteiger partial charge in [-0.2, -0.15) is 0 Å². The number of aliphatic hydroxyl groups is 1. The number of benzene rings is 2. The van der Waals surface area contributed by atoms with Gasteiger partial charge in [0.15, 0.2) is 0 Å². The third-order valence-corrected chi connectivity index (χ3v) is 11.2. The van der Waals surface area contributed by atoms with Crippen molar-refractivity contribution in [2.24, 2.45) is 5.92 Å². The van der Waals surface area contributed by atoms with Crippen LogP contribution in [0, 0.1) is 5.92 Å². The van der Waals surface area contributed by atoms with Crippen LogP contribution >= 0.6 is 23.2 Å². The summed E-state index contributed by atoms with van der Waals surface area (Å²) in [5.41, 5.74) is 9.79. The Labute approximate surface area is 280 Å². The highest BCUT2D eigenvalue weighted by atomic mass is 35.5. The largest absolute Gasteiger partial charge is 0.481 e. The first-order chi connectivity index (χ1) is 22.3. The van der Waals surface area contributed by atoms with Crippen LogP contribution in [0.4, 0.5) is 0 Å². The van der Waals surface area contributed by atoms with Crippen molar-refractivity contribution in [2.75, 3.05) is 40.4 Å². The van der Waals surface area contributed by atoms with Crippen LogP contribution in [-0.4, -0.2) is 71.4 Å². The number of rotatable bonds is 7. The Hall–Kier alpha value is -3.20. The van der Waals surface area contributed by atoms with Gasteiger partial charge in [0, 0.05) is 71.6 Å². The number of pyridine rings is 2. The van der Waals surface area contributed by atoms with E-state index in [2.05, 4.69) is 28.9 Å². The van der Waals surface area contributed by atoms with Crippen LogP contribution in [0.25, 0.3) is 33.6 Å². The van der Waals surface area contributed by atoms with Crippen LogP contribution in [0.2, 0.25) is 10.0 Å². The first-order valence-corrected chi connectivity index (χ1v) is 17.0. The van der Waals surface area contributed by atoms with E-state index in [9.17, 15) is 5.11 Å². The van der Waals surface area contributed by atoms with Crippen LogP contribution < -0.4 is 9.47 Å². The zero-order chi connectivity index (χ0) is 31.7. The van der Waals surface area contributed by atoms with E-state index in [-0.39, 0.29) is 12.1 Å². The van der Waals surface area contributed by atoms with Gasteiger partial charge in [-0.25, -0.2) is 9.97 Å². The summed E-state index contributed by atoms with van der Waals surface area (Å²) in [6.45, 7) is 5.93. The van der Waals surface area contributed by atoms with Gasteiger partial charge in [0.05, 0.1) is 41.8 Å². The average molecular weight is 658 g/mol. The highest BCUT2D eigenvalue weighted by molar-refractivity contribution is 6.39. The van der Waals surface area contributed by atoms with E-state index >= 15 is 0 Å². The van der Waals surface area contributed by atoms with Crippen LogP contribution in [0.1, 0.15) is 54.1 Å². The molecule has 0 radical (unpaired) electrons. The van der Waals surface area contributed by atoms with E-state index in [1.54, 1.807) is 14.2 Å². The predicted octanol–water partition coefficient (Wildman–Crippen LogP) is 7.40. The van der Waals surface area contributed by atoms with Crippen LogP contribution in [0.5, 0.6) is 11.8 Å². The number of hydrogen-bond acceptors (Lipinski definition) is 7. The topological polar surface area (TPSA) is 71.0 Å². The standard InChI is InChI=1S/C37H38Cl2N4O3/c1-20-16-42(17-20)30-12-10-21-14-28(40-36(45-2)32(21)30)26-8-4-6-24(34(26)38)25-7-5-9-27(35(25)39)29-15-22-11-13-31(43-18-23(44)19-43)33(22)37(41-29)46-3/h4-9,14-15,20,23,30-31,44H,10-13,16-19H2,1-3H3/t30-,31?/m0/s1.